The van der Waals surface area contributed by atoms with Crippen molar-refractivity contribution in [3.63, 3.8) is 0 Å². The van der Waals surface area contributed by atoms with E-state index in [0.717, 1.165) is 22.4 Å². The van der Waals surface area contributed by atoms with Crippen molar-refractivity contribution in [1.82, 2.24) is 4.31 Å². The number of aryl methyl sites for hydroxylation is 3. The van der Waals surface area contributed by atoms with E-state index in [2.05, 4.69) is 36.9 Å². The van der Waals surface area contributed by atoms with E-state index in [-0.39, 0.29) is 0 Å². The van der Waals surface area contributed by atoms with Crippen molar-refractivity contribution in [3.8, 4) is 5.75 Å². The number of hydrogen-bond donors (Lipinski definition) is 0. The van der Waals surface area contributed by atoms with Crippen molar-refractivity contribution >= 4 is 15.7 Å². The van der Waals surface area contributed by atoms with Gasteiger partial charge in [0.25, 0.3) is 0 Å². The van der Waals surface area contributed by atoms with E-state index in [0.29, 0.717) is 31.1 Å². The highest BCUT2D eigenvalue weighted by molar-refractivity contribution is 7.89. The fourth-order valence-electron chi connectivity index (χ4n) is 4.22. The van der Waals surface area contributed by atoms with E-state index >= 15 is 0 Å². The van der Waals surface area contributed by atoms with Crippen LogP contribution in [0, 0.1) is 34.6 Å². The van der Waals surface area contributed by atoms with Crippen LogP contribution < -0.4 is 9.64 Å². The molecule has 2 aromatic rings. The molecule has 0 N–H and O–H groups in total. The third-order valence-corrected chi connectivity index (χ3v) is 7.98. The average molecular weight is 403 g/mol. The molecule has 0 aromatic heterocycles. The van der Waals surface area contributed by atoms with E-state index in [1.54, 1.807) is 11.4 Å². The van der Waals surface area contributed by atoms with E-state index in [1.807, 2.05) is 26.8 Å². The van der Waals surface area contributed by atoms with Crippen LogP contribution in [0.2, 0.25) is 0 Å². The fraction of sp³-hybridized carbons (Fsp3) is 0.455. The summed E-state index contributed by atoms with van der Waals surface area (Å²) in [5.74, 6) is 0.730. The zero-order chi connectivity index (χ0) is 20.6. The first-order valence-corrected chi connectivity index (χ1v) is 11.1. The van der Waals surface area contributed by atoms with Gasteiger partial charge in [0.1, 0.15) is 5.75 Å². The minimum Gasteiger partial charge on any atom is -0.496 e. The number of rotatable bonds is 4. The summed E-state index contributed by atoms with van der Waals surface area (Å²) in [6.45, 7) is 12.2. The van der Waals surface area contributed by atoms with Crippen LogP contribution in [0.3, 0.4) is 0 Å². The first-order chi connectivity index (χ1) is 13.2. The summed E-state index contributed by atoms with van der Waals surface area (Å²) < 4.78 is 33.9. The van der Waals surface area contributed by atoms with Gasteiger partial charge in [-0.1, -0.05) is 18.2 Å². The second kappa shape index (κ2) is 7.76. The third kappa shape index (κ3) is 3.51. The third-order valence-electron chi connectivity index (χ3n) is 5.79. The largest absolute Gasteiger partial charge is 0.496 e. The molecule has 1 aliphatic rings. The normalized spacial score (nSPS) is 15.7. The van der Waals surface area contributed by atoms with Gasteiger partial charge in [0.05, 0.1) is 12.0 Å². The van der Waals surface area contributed by atoms with Crippen LogP contribution in [0.15, 0.2) is 29.2 Å². The zero-order valence-corrected chi connectivity index (χ0v) is 18.5. The Bertz CT molecular complexity index is 971. The number of para-hydroxylation sites is 1. The zero-order valence-electron chi connectivity index (χ0n) is 17.7. The minimum absolute atomic E-state index is 0.423. The Hall–Kier alpha value is -2.05. The summed E-state index contributed by atoms with van der Waals surface area (Å²) in [4.78, 5) is 2.72. The summed E-state index contributed by atoms with van der Waals surface area (Å²) >= 11 is 0. The van der Waals surface area contributed by atoms with E-state index < -0.39 is 10.0 Å². The molecule has 0 amide bonds. The van der Waals surface area contributed by atoms with Crippen LogP contribution in [0.25, 0.3) is 0 Å². The number of hydrogen-bond acceptors (Lipinski definition) is 4. The lowest BCUT2D eigenvalue weighted by atomic mass is 10.1. The molecule has 0 atom stereocenters. The quantitative estimate of drug-likeness (QED) is 0.782. The second-order valence-electron chi connectivity index (χ2n) is 7.61. The first-order valence-electron chi connectivity index (χ1n) is 9.64. The van der Waals surface area contributed by atoms with Crippen molar-refractivity contribution in [2.24, 2.45) is 0 Å². The Morgan fingerprint density at radius 2 is 1.43 bits per heavy atom. The lowest BCUT2D eigenvalue weighted by Gasteiger charge is -2.37. The maximum absolute atomic E-state index is 13.4. The lowest BCUT2D eigenvalue weighted by Crippen LogP contribution is -2.49. The Kier molecular flexibility index (Phi) is 5.73. The Morgan fingerprint density at radius 3 is 1.96 bits per heavy atom. The molecule has 1 saturated heterocycles. The number of piperazine rings is 1. The number of benzene rings is 2. The number of methoxy groups -OCH3 is 1. The first kappa shape index (κ1) is 20.7. The van der Waals surface area contributed by atoms with Crippen molar-refractivity contribution in [2.75, 3.05) is 38.2 Å². The smallest absolute Gasteiger partial charge is 0.243 e. The van der Waals surface area contributed by atoms with Crippen LogP contribution in [-0.2, 0) is 10.0 Å². The molecular weight excluding hydrogens is 372 g/mol. The average Bonchev–Trinajstić information content (AvgIpc) is 2.65. The van der Waals surface area contributed by atoms with Gasteiger partial charge in [0, 0.05) is 31.9 Å². The molecule has 28 heavy (non-hydrogen) atoms. The highest BCUT2D eigenvalue weighted by atomic mass is 32.2. The Morgan fingerprint density at radius 1 is 0.857 bits per heavy atom. The van der Waals surface area contributed by atoms with Crippen molar-refractivity contribution < 1.29 is 13.2 Å². The summed E-state index contributed by atoms with van der Waals surface area (Å²) in [6.07, 6.45) is 0. The minimum atomic E-state index is -3.55. The SMILES string of the molecule is COc1cc(C)c(S(=O)(=O)N2CCN(c3c(C)cccc3C)CC2)c(C)c1C. The van der Waals surface area contributed by atoms with Gasteiger partial charge in [-0.3, -0.25) is 0 Å². The van der Waals surface area contributed by atoms with Crippen LogP contribution >= 0.6 is 0 Å². The molecule has 0 bridgehead atoms. The molecule has 2 aromatic carbocycles. The molecular formula is C22H30N2O3S. The van der Waals surface area contributed by atoms with E-state index in [4.69, 9.17) is 4.74 Å². The van der Waals surface area contributed by atoms with Gasteiger partial charge in [-0.15, -0.1) is 0 Å². The maximum Gasteiger partial charge on any atom is 0.243 e. The predicted molar refractivity (Wildman–Crippen MR) is 114 cm³/mol. The highest BCUT2D eigenvalue weighted by Crippen LogP contribution is 2.33. The number of nitrogens with zero attached hydrogens (tertiary/aromatic N) is 2. The maximum atomic E-state index is 13.4. The van der Waals surface area contributed by atoms with Crippen LogP contribution in [0.1, 0.15) is 27.8 Å². The van der Waals surface area contributed by atoms with E-state index in [1.165, 1.54) is 16.8 Å². The molecule has 1 heterocycles. The molecule has 0 unspecified atom stereocenters. The molecule has 6 heteroatoms. The van der Waals surface area contributed by atoms with Crippen LogP contribution in [-0.4, -0.2) is 46.0 Å². The van der Waals surface area contributed by atoms with Gasteiger partial charge in [-0.2, -0.15) is 4.31 Å². The molecule has 0 aliphatic carbocycles. The topological polar surface area (TPSA) is 49.9 Å². The summed E-state index contributed by atoms with van der Waals surface area (Å²) in [5.41, 5.74) is 6.07. The molecule has 1 aliphatic heterocycles. The number of sulfonamides is 1. The predicted octanol–water partition coefficient (Wildman–Crippen LogP) is 3.75. The summed E-state index contributed by atoms with van der Waals surface area (Å²) in [5, 5.41) is 0. The molecule has 0 spiro atoms. The van der Waals surface area contributed by atoms with Gasteiger partial charge in [0.2, 0.25) is 10.0 Å². The lowest BCUT2D eigenvalue weighted by molar-refractivity contribution is 0.383. The molecule has 0 radical (unpaired) electrons. The van der Waals surface area contributed by atoms with Crippen molar-refractivity contribution in [3.05, 3.63) is 52.1 Å². The Balaban J connectivity index is 1.88. The van der Waals surface area contributed by atoms with Crippen molar-refractivity contribution in [1.29, 1.82) is 0 Å². The Labute approximate surface area is 169 Å². The van der Waals surface area contributed by atoms with Gasteiger partial charge in [0.15, 0.2) is 0 Å². The highest BCUT2D eigenvalue weighted by Gasteiger charge is 2.32. The van der Waals surface area contributed by atoms with Gasteiger partial charge >= 0.3 is 0 Å². The second-order valence-corrected chi connectivity index (χ2v) is 9.48. The van der Waals surface area contributed by atoms with Gasteiger partial charge < -0.3 is 9.64 Å². The molecule has 3 rings (SSSR count). The standard InChI is InChI=1S/C22H30N2O3S/c1-15-8-7-9-16(2)21(15)23-10-12-24(13-11-23)28(25,26)22-17(3)14-20(27-6)18(4)19(22)5/h7-9,14H,10-13H2,1-6H3. The van der Waals surface area contributed by atoms with Crippen molar-refractivity contribution in [2.45, 2.75) is 39.5 Å². The summed E-state index contributed by atoms with van der Waals surface area (Å²) in [7, 11) is -1.93. The van der Waals surface area contributed by atoms with Crippen LogP contribution in [0.5, 0.6) is 5.75 Å². The number of anilines is 1. The summed E-state index contributed by atoms with van der Waals surface area (Å²) in [6, 6.07) is 8.10. The number of ether oxygens (including phenoxy) is 1. The molecule has 152 valence electrons. The van der Waals surface area contributed by atoms with E-state index in [9.17, 15) is 8.42 Å². The molecule has 5 nitrogen and oxygen atoms in total. The fourth-order valence-corrected chi connectivity index (χ4v) is 6.12. The van der Waals surface area contributed by atoms with Gasteiger partial charge in [-0.25, -0.2) is 8.42 Å². The monoisotopic (exact) mass is 402 g/mol. The molecule has 0 saturated carbocycles. The van der Waals surface area contributed by atoms with Crippen LogP contribution in [0.4, 0.5) is 5.69 Å². The van der Waals surface area contributed by atoms with Gasteiger partial charge in [-0.05, 0) is 68.5 Å². The molecule has 1 fully saturated rings.